The molecule has 0 aromatic carbocycles. The van der Waals surface area contributed by atoms with Crippen LogP contribution < -0.4 is 0 Å². The van der Waals surface area contributed by atoms with Crippen molar-refractivity contribution < 1.29 is 0 Å². The van der Waals surface area contributed by atoms with Crippen LogP contribution in [0, 0.1) is 0 Å². The zero-order valence-corrected chi connectivity index (χ0v) is 12.5. The summed E-state index contributed by atoms with van der Waals surface area (Å²) in [7, 11) is 0.446. The van der Waals surface area contributed by atoms with Crippen LogP contribution in [-0.4, -0.2) is 34.7 Å². The van der Waals surface area contributed by atoms with Crippen molar-refractivity contribution >= 4 is 24.1 Å². The Labute approximate surface area is 79.9 Å². The molecular formula is C9H24GaP. The number of hydrogen-bond donors (Lipinski definition) is 0. The summed E-state index contributed by atoms with van der Waals surface area (Å²) in [5.74, 6) is 0. The van der Waals surface area contributed by atoms with E-state index in [4.69, 9.17) is 0 Å². The minimum atomic E-state index is -0.479. The van der Waals surface area contributed by atoms with Gasteiger partial charge in [-0.1, -0.05) is 20.8 Å². The summed E-state index contributed by atoms with van der Waals surface area (Å²) >= 11 is -0.479. The maximum absolute atomic E-state index is 2.35. The van der Waals surface area contributed by atoms with Crippen LogP contribution in [0.3, 0.4) is 0 Å². The zero-order chi connectivity index (χ0) is 9.28. The predicted molar refractivity (Wildman–Crippen MR) is 61.9 cm³/mol. The molecule has 0 amide bonds. The van der Waals surface area contributed by atoms with Gasteiger partial charge < -0.3 is 0 Å². The summed E-state index contributed by atoms with van der Waals surface area (Å²) in [6.45, 7) is 6.87. The molecule has 0 unspecified atom stereocenters. The van der Waals surface area contributed by atoms with Gasteiger partial charge in [-0.25, -0.2) is 0 Å². The number of rotatable bonds is 3. The molecule has 0 rings (SSSR count). The van der Waals surface area contributed by atoms with E-state index in [0.717, 1.165) is 0 Å². The molecule has 0 aromatic rings. The Morgan fingerprint density at radius 3 is 1.00 bits per heavy atom. The molecule has 0 aromatic heterocycles. The van der Waals surface area contributed by atoms with Crippen molar-refractivity contribution in [2.45, 2.75) is 37.2 Å². The Morgan fingerprint density at radius 1 is 0.818 bits per heavy atom. The fraction of sp³-hybridized carbons (Fsp3) is 1.00. The second kappa shape index (κ2) is 11.1. The van der Waals surface area contributed by atoms with Crippen LogP contribution in [0.25, 0.3) is 0 Å². The molecule has 0 fully saturated rings. The standard InChI is InChI=1S/C6H15P.3CH3.Ga/c1-4-7(5-2)6-3;;;;/h4-6H2,1-3H3;3*1H3;. The summed E-state index contributed by atoms with van der Waals surface area (Å²) in [5, 5.41) is 0. The first-order valence-electron chi connectivity index (χ1n) is 4.80. The summed E-state index contributed by atoms with van der Waals surface area (Å²) < 4.78 is 0. The Balaban J connectivity index is 0. The van der Waals surface area contributed by atoms with E-state index in [-0.39, 0.29) is 0 Å². The molecule has 11 heavy (non-hydrogen) atoms. The molecule has 0 bridgehead atoms. The molecule has 0 saturated carbocycles. The van der Waals surface area contributed by atoms with Crippen LogP contribution in [0.15, 0.2) is 0 Å². The van der Waals surface area contributed by atoms with E-state index in [1.54, 1.807) is 0 Å². The van der Waals surface area contributed by atoms with Gasteiger partial charge in [-0.3, -0.25) is 0 Å². The Morgan fingerprint density at radius 2 is 1.00 bits per heavy atom. The van der Waals surface area contributed by atoms with Gasteiger partial charge in [0.05, 0.1) is 0 Å². The molecule has 0 aliphatic rings. The summed E-state index contributed by atoms with van der Waals surface area (Å²) in [5.41, 5.74) is 7.06. The first-order chi connectivity index (χ1) is 5.08. The van der Waals surface area contributed by atoms with E-state index in [9.17, 15) is 0 Å². The van der Waals surface area contributed by atoms with Gasteiger partial charge in [0.15, 0.2) is 0 Å². The minimum absolute atomic E-state index is 0.446. The molecule has 0 spiro atoms. The van der Waals surface area contributed by atoms with Crippen molar-refractivity contribution in [1.29, 1.82) is 0 Å². The number of hydrogen-bond acceptors (Lipinski definition) is 0. The third kappa shape index (κ3) is 18.2. The second-order valence-corrected chi connectivity index (χ2v) is 13.9. The molecule has 2 heteroatoms. The first kappa shape index (κ1) is 14.6. The Kier molecular flexibility index (Phi) is 14.7. The van der Waals surface area contributed by atoms with Crippen molar-refractivity contribution in [2.75, 3.05) is 18.5 Å². The molecule has 0 aliphatic carbocycles. The monoisotopic (exact) mass is 232 g/mol. The van der Waals surface area contributed by atoms with E-state index in [1.807, 2.05) is 0 Å². The van der Waals surface area contributed by atoms with Gasteiger partial charge in [-0.2, -0.15) is 0 Å². The molecule has 0 aliphatic heterocycles. The van der Waals surface area contributed by atoms with E-state index in [1.165, 1.54) is 18.5 Å². The first-order valence-corrected chi connectivity index (χ1v) is 14.0. The summed E-state index contributed by atoms with van der Waals surface area (Å²) in [6, 6.07) is 0. The van der Waals surface area contributed by atoms with Gasteiger partial charge in [0.1, 0.15) is 0 Å². The Bertz CT molecular complexity index is 52.3. The van der Waals surface area contributed by atoms with Crippen LogP contribution in [0.4, 0.5) is 0 Å². The van der Waals surface area contributed by atoms with Crippen molar-refractivity contribution in [3.05, 3.63) is 0 Å². The predicted octanol–water partition coefficient (Wildman–Crippen LogP) is 3.90. The normalized spacial score (nSPS) is 9.00. The van der Waals surface area contributed by atoms with Gasteiger partial charge in [0.2, 0.25) is 0 Å². The molecule has 0 atom stereocenters. The van der Waals surface area contributed by atoms with Crippen LogP contribution in [0.2, 0.25) is 16.4 Å². The van der Waals surface area contributed by atoms with Crippen LogP contribution in [0.1, 0.15) is 20.8 Å². The molecule has 0 heterocycles. The molecule has 0 nitrogen and oxygen atoms in total. The average molecular weight is 233 g/mol. The molecule has 0 saturated heterocycles. The van der Waals surface area contributed by atoms with Gasteiger partial charge in [0.25, 0.3) is 0 Å². The zero-order valence-electron chi connectivity index (χ0n) is 9.15. The molecule has 0 radical (unpaired) electrons. The third-order valence-electron chi connectivity index (χ3n) is 1.34. The van der Waals surface area contributed by atoms with Crippen molar-refractivity contribution in [3.63, 3.8) is 0 Å². The van der Waals surface area contributed by atoms with Gasteiger partial charge in [-0.05, 0) is 18.5 Å². The Hall–Kier alpha value is 1.07. The topological polar surface area (TPSA) is 0 Å². The fourth-order valence-corrected chi connectivity index (χ4v) is 2.01. The van der Waals surface area contributed by atoms with Crippen molar-refractivity contribution in [1.82, 2.24) is 0 Å². The molecule has 0 N–H and O–H groups in total. The fourth-order valence-electron chi connectivity index (χ4n) is 0.671. The van der Waals surface area contributed by atoms with Crippen LogP contribution in [-0.2, 0) is 0 Å². The van der Waals surface area contributed by atoms with Gasteiger partial charge in [0, 0.05) is 0 Å². The SMILES string of the molecule is CCP(CC)CC.[CH3][Ga]([CH3])[CH3]. The van der Waals surface area contributed by atoms with Crippen molar-refractivity contribution in [2.24, 2.45) is 0 Å². The van der Waals surface area contributed by atoms with E-state index in [2.05, 4.69) is 37.2 Å². The van der Waals surface area contributed by atoms with Crippen LogP contribution >= 0.6 is 7.92 Å². The maximum atomic E-state index is 2.35. The average Bonchev–Trinajstić information content (AvgIpc) is 1.90. The van der Waals surface area contributed by atoms with E-state index in [0.29, 0.717) is 7.92 Å². The van der Waals surface area contributed by atoms with E-state index >= 15 is 0 Å². The second-order valence-electron chi connectivity index (χ2n) is 3.35. The third-order valence-corrected chi connectivity index (χ3v) is 4.02. The van der Waals surface area contributed by atoms with Gasteiger partial charge in [-0.15, -0.1) is 7.92 Å². The quantitative estimate of drug-likeness (QED) is 0.512. The summed E-state index contributed by atoms with van der Waals surface area (Å²) in [4.78, 5) is 0. The summed E-state index contributed by atoms with van der Waals surface area (Å²) in [6.07, 6.45) is 4.26. The van der Waals surface area contributed by atoms with E-state index < -0.39 is 16.2 Å². The molecular weight excluding hydrogens is 209 g/mol. The van der Waals surface area contributed by atoms with Crippen molar-refractivity contribution in [3.8, 4) is 0 Å². The van der Waals surface area contributed by atoms with Gasteiger partial charge >= 0.3 is 32.7 Å². The van der Waals surface area contributed by atoms with Crippen LogP contribution in [0.5, 0.6) is 0 Å². The molecule has 68 valence electrons.